The molecule has 1 saturated heterocycles. The molecule has 1 heterocycles. The molecule has 0 spiro atoms. The van der Waals surface area contributed by atoms with Gasteiger partial charge in [-0.15, -0.1) is 0 Å². The zero-order valence-corrected chi connectivity index (χ0v) is 10.7. The van der Waals surface area contributed by atoms with Crippen molar-refractivity contribution in [1.82, 2.24) is 5.32 Å². The summed E-state index contributed by atoms with van der Waals surface area (Å²) in [5.74, 6) is 0.278. The number of hydrogen-bond acceptors (Lipinski definition) is 2. The Labute approximate surface area is 100 Å². The van der Waals surface area contributed by atoms with Crippen LogP contribution in [0, 0.1) is 5.92 Å². The fourth-order valence-corrected chi connectivity index (χ4v) is 2.07. The number of hydrogen-bond donors (Lipinski definition) is 1. The van der Waals surface area contributed by atoms with Crippen LogP contribution in [-0.4, -0.2) is 31.0 Å². The number of ether oxygens (including phenoxy) is 1. The van der Waals surface area contributed by atoms with Crippen molar-refractivity contribution in [3.05, 3.63) is 0 Å². The number of nitrogens with one attached hydrogen (secondary N) is 1. The molecule has 88 valence electrons. The predicted octanol–water partition coefficient (Wildman–Crippen LogP) is 2.09. The standard InChI is InChI=1S/C11H20BrNO2/c12-6-3-1-2-4-7-13-11(14)10-5-8-15-9-10/h10H,1-9H2,(H,13,14). The first kappa shape index (κ1) is 13.0. The summed E-state index contributed by atoms with van der Waals surface area (Å²) >= 11 is 3.40. The largest absolute Gasteiger partial charge is 0.381 e. The van der Waals surface area contributed by atoms with E-state index in [-0.39, 0.29) is 11.8 Å². The number of halogens is 1. The maximum atomic E-state index is 11.5. The second-order valence-electron chi connectivity index (χ2n) is 3.95. The van der Waals surface area contributed by atoms with Gasteiger partial charge >= 0.3 is 0 Å². The molecule has 0 saturated carbocycles. The van der Waals surface area contributed by atoms with Gasteiger partial charge in [0.05, 0.1) is 12.5 Å². The lowest BCUT2D eigenvalue weighted by Crippen LogP contribution is -2.31. The first-order chi connectivity index (χ1) is 7.34. The highest BCUT2D eigenvalue weighted by Crippen LogP contribution is 2.11. The molecule has 1 aliphatic rings. The summed E-state index contributed by atoms with van der Waals surface area (Å²) in [4.78, 5) is 11.5. The lowest BCUT2D eigenvalue weighted by Gasteiger charge is -2.08. The molecule has 0 aromatic carbocycles. The molecule has 0 aliphatic carbocycles. The number of rotatable bonds is 7. The fourth-order valence-electron chi connectivity index (χ4n) is 1.67. The lowest BCUT2D eigenvalue weighted by atomic mass is 10.1. The molecule has 0 aromatic heterocycles. The van der Waals surface area contributed by atoms with Gasteiger partial charge in [-0.3, -0.25) is 4.79 Å². The Balaban J connectivity index is 1.92. The van der Waals surface area contributed by atoms with E-state index in [1.807, 2.05) is 0 Å². The third kappa shape index (κ3) is 5.52. The molecule has 1 aliphatic heterocycles. The minimum atomic E-state index is 0.104. The van der Waals surface area contributed by atoms with Crippen LogP contribution >= 0.6 is 15.9 Å². The summed E-state index contributed by atoms with van der Waals surface area (Å²) < 4.78 is 5.17. The van der Waals surface area contributed by atoms with Crippen molar-refractivity contribution in [1.29, 1.82) is 0 Å². The van der Waals surface area contributed by atoms with Gasteiger partial charge in [0.2, 0.25) is 5.91 Å². The Hall–Kier alpha value is -0.0900. The number of alkyl halides is 1. The van der Waals surface area contributed by atoms with Gasteiger partial charge in [0, 0.05) is 18.5 Å². The minimum absolute atomic E-state index is 0.104. The molecule has 3 nitrogen and oxygen atoms in total. The zero-order chi connectivity index (χ0) is 10.9. The highest BCUT2D eigenvalue weighted by atomic mass is 79.9. The van der Waals surface area contributed by atoms with E-state index in [1.165, 1.54) is 19.3 Å². The first-order valence-corrected chi connectivity index (χ1v) is 6.88. The van der Waals surface area contributed by atoms with Gasteiger partial charge in [0.1, 0.15) is 0 Å². The van der Waals surface area contributed by atoms with Crippen LogP contribution < -0.4 is 5.32 Å². The molecule has 1 N–H and O–H groups in total. The molecule has 1 amide bonds. The van der Waals surface area contributed by atoms with Crippen LogP contribution in [0.2, 0.25) is 0 Å². The summed E-state index contributed by atoms with van der Waals surface area (Å²) in [5.41, 5.74) is 0. The Morgan fingerprint density at radius 1 is 1.33 bits per heavy atom. The summed E-state index contributed by atoms with van der Waals surface area (Å²) in [6, 6.07) is 0. The van der Waals surface area contributed by atoms with E-state index < -0.39 is 0 Å². The van der Waals surface area contributed by atoms with Crippen LogP contribution in [0.5, 0.6) is 0 Å². The summed E-state index contributed by atoms with van der Waals surface area (Å²) in [6.45, 7) is 2.16. The summed E-state index contributed by atoms with van der Waals surface area (Å²) in [7, 11) is 0. The van der Waals surface area contributed by atoms with Crippen molar-refractivity contribution in [2.24, 2.45) is 5.92 Å². The number of carbonyl (C=O) groups excluding carboxylic acids is 1. The molecule has 1 rings (SSSR count). The molecule has 4 heteroatoms. The molecule has 15 heavy (non-hydrogen) atoms. The normalized spacial score (nSPS) is 20.5. The van der Waals surface area contributed by atoms with Gasteiger partial charge in [-0.2, -0.15) is 0 Å². The maximum Gasteiger partial charge on any atom is 0.225 e. The monoisotopic (exact) mass is 277 g/mol. The van der Waals surface area contributed by atoms with Crippen LogP contribution in [0.25, 0.3) is 0 Å². The SMILES string of the molecule is O=C(NCCCCCCBr)C1CCOC1. The second-order valence-corrected chi connectivity index (χ2v) is 4.75. The summed E-state index contributed by atoms with van der Waals surface area (Å²) in [5, 5.41) is 4.05. The van der Waals surface area contributed by atoms with E-state index in [0.717, 1.165) is 31.3 Å². The van der Waals surface area contributed by atoms with E-state index in [2.05, 4.69) is 21.2 Å². The third-order valence-corrected chi connectivity index (χ3v) is 3.22. The minimum Gasteiger partial charge on any atom is -0.381 e. The molecular formula is C11H20BrNO2. The average molecular weight is 278 g/mol. The molecule has 1 atom stereocenters. The summed E-state index contributed by atoms with van der Waals surface area (Å²) in [6.07, 6.45) is 5.65. The lowest BCUT2D eigenvalue weighted by molar-refractivity contribution is -0.124. The van der Waals surface area contributed by atoms with Crippen LogP contribution in [0.1, 0.15) is 32.1 Å². The van der Waals surface area contributed by atoms with Crippen LogP contribution in [0.4, 0.5) is 0 Å². The quantitative estimate of drug-likeness (QED) is 0.572. The maximum absolute atomic E-state index is 11.5. The second kappa shape index (κ2) is 8.11. The Bertz CT molecular complexity index is 181. The Kier molecular flexibility index (Phi) is 7.01. The molecular weight excluding hydrogens is 258 g/mol. The number of unbranched alkanes of at least 4 members (excludes halogenated alkanes) is 3. The van der Waals surface area contributed by atoms with Crippen molar-refractivity contribution in [2.45, 2.75) is 32.1 Å². The van der Waals surface area contributed by atoms with Crippen molar-refractivity contribution in [3.63, 3.8) is 0 Å². The highest BCUT2D eigenvalue weighted by Gasteiger charge is 2.22. The molecule has 1 fully saturated rings. The highest BCUT2D eigenvalue weighted by molar-refractivity contribution is 9.09. The Morgan fingerprint density at radius 3 is 2.80 bits per heavy atom. The van der Waals surface area contributed by atoms with Gasteiger partial charge in [-0.25, -0.2) is 0 Å². The van der Waals surface area contributed by atoms with Crippen molar-refractivity contribution in [2.75, 3.05) is 25.1 Å². The van der Waals surface area contributed by atoms with Gasteiger partial charge in [0.15, 0.2) is 0 Å². The van der Waals surface area contributed by atoms with Crippen molar-refractivity contribution in [3.8, 4) is 0 Å². The van der Waals surface area contributed by atoms with E-state index in [4.69, 9.17) is 4.74 Å². The van der Waals surface area contributed by atoms with Gasteiger partial charge in [-0.05, 0) is 19.3 Å². The molecule has 0 aromatic rings. The molecule has 1 unspecified atom stereocenters. The van der Waals surface area contributed by atoms with E-state index in [9.17, 15) is 4.79 Å². The van der Waals surface area contributed by atoms with E-state index in [0.29, 0.717) is 6.61 Å². The van der Waals surface area contributed by atoms with Crippen LogP contribution in [0.3, 0.4) is 0 Å². The fraction of sp³-hybridized carbons (Fsp3) is 0.909. The topological polar surface area (TPSA) is 38.3 Å². The van der Waals surface area contributed by atoms with Crippen molar-refractivity contribution >= 4 is 21.8 Å². The number of amides is 1. The third-order valence-electron chi connectivity index (χ3n) is 2.66. The van der Waals surface area contributed by atoms with Gasteiger partial charge in [0.25, 0.3) is 0 Å². The van der Waals surface area contributed by atoms with Gasteiger partial charge < -0.3 is 10.1 Å². The van der Waals surface area contributed by atoms with Crippen molar-refractivity contribution < 1.29 is 9.53 Å². The van der Waals surface area contributed by atoms with E-state index >= 15 is 0 Å². The zero-order valence-electron chi connectivity index (χ0n) is 9.14. The van der Waals surface area contributed by atoms with Gasteiger partial charge in [-0.1, -0.05) is 28.8 Å². The number of carbonyl (C=O) groups is 1. The Morgan fingerprint density at radius 2 is 2.13 bits per heavy atom. The molecule has 0 radical (unpaired) electrons. The van der Waals surface area contributed by atoms with E-state index in [1.54, 1.807) is 0 Å². The van der Waals surface area contributed by atoms with Crippen LogP contribution in [0.15, 0.2) is 0 Å². The molecule has 0 bridgehead atoms. The smallest absolute Gasteiger partial charge is 0.225 e. The average Bonchev–Trinajstić information content (AvgIpc) is 2.76. The predicted molar refractivity (Wildman–Crippen MR) is 64.2 cm³/mol. The van der Waals surface area contributed by atoms with Crippen LogP contribution in [-0.2, 0) is 9.53 Å². The first-order valence-electron chi connectivity index (χ1n) is 5.76.